The number of aldehydes is 1. The summed E-state index contributed by atoms with van der Waals surface area (Å²) in [6, 6.07) is 9.32. The average Bonchev–Trinajstić information content (AvgIpc) is 3.05. The number of methoxy groups -OCH3 is 1. The Balaban J connectivity index is 0.00000100. The minimum Gasteiger partial charge on any atom is -0.496 e. The number of carbonyl (C=O) groups excluding carboxylic acids is 2. The number of hydrogen-bond donors (Lipinski definition) is 2. The monoisotopic (exact) mass is 330 g/mol. The fourth-order valence-corrected chi connectivity index (χ4v) is 2.68. The Labute approximate surface area is 140 Å². The number of nitrogens with one attached hydrogen (secondary N) is 1. The van der Waals surface area contributed by atoms with Gasteiger partial charge in [-0.15, -0.1) is 0 Å². The number of benzene rings is 2. The quantitative estimate of drug-likeness (QED) is 0.817. The highest BCUT2D eigenvalue weighted by Gasteiger charge is 2.21. The van der Waals surface area contributed by atoms with Crippen molar-refractivity contribution in [3.05, 3.63) is 35.9 Å². The second kappa shape index (κ2) is 8.31. The summed E-state index contributed by atoms with van der Waals surface area (Å²) in [5, 5.41) is 4.67. The van der Waals surface area contributed by atoms with Gasteiger partial charge in [0, 0.05) is 11.8 Å². The minimum absolute atomic E-state index is 0.0545. The molecule has 1 aliphatic heterocycles. The second-order valence-corrected chi connectivity index (χ2v) is 5.30. The number of amides is 1. The van der Waals surface area contributed by atoms with Crippen LogP contribution in [0.15, 0.2) is 30.3 Å². The summed E-state index contributed by atoms with van der Waals surface area (Å²) < 4.78 is 11.1. The van der Waals surface area contributed by atoms with Crippen molar-refractivity contribution in [2.45, 2.75) is 18.9 Å². The fraction of sp³-hybridized carbons (Fsp3) is 0.333. The van der Waals surface area contributed by atoms with Gasteiger partial charge in [0.1, 0.15) is 18.1 Å². The molecule has 2 aromatic rings. The van der Waals surface area contributed by atoms with Gasteiger partial charge in [0.25, 0.3) is 0 Å². The number of fused-ring (bicyclic) bond motifs is 1. The molecule has 0 spiro atoms. The average molecular weight is 330 g/mol. The van der Waals surface area contributed by atoms with E-state index < -0.39 is 0 Å². The van der Waals surface area contributed by atoms with Crippen LogP contribution >= 0.6 is 0 Å². The van der Waals surface area contributed by atoms with E-state index in [0.29, 0.717) is 24.3 Å². The smallest absolute Gasteiger partial charge is 0.220 e. The van der Waals surface area contributed by atoms with Gasteiger partial charge in [0.05, 0.1) is 18.7 Å². The molecule has 1 unspecified atom stereocenters. The molecule has 24 heavy (non-hydrogen) atoms. The Morgan fingerprint density at radius 3 is 2.71 bits per heavy atom. The van der Waals surface area contributed by atoms with Crippen molar-refractivity contribution in [1.29, 1.82) is 0 Å². The molecule has 1 aliphatic rings. The normalized spacial score (nSPS) is 16.1. The molecule has 1 fully saturated rings. The minimum atomic E-state index is 0.0545. The van der Waals surface area contributed by atoms with Gasteiger partial charge in [-0.05, 0) is 37.1 Å². The Morgan fingerprint density at radius 2 is 2.08 bits per heavy atom. The largest absolute Gasteiger partial charge is 0.496 e. The molecule has 1 heterocycles. The van der Waals surface area contributed by atoms with Crippen LogP contribution in [0, 0.1) is 0 Å². The van der Waals surface area contributed by atoms with Crippen LogP contribution in [0.3, 0.4) is 0 Å². The lowest BCUT2D eigenvalue weighted by Gasteiger charge is -2.14. The molecule has 0 aliphatic carbocycles. The molecule has 0 bridgehead atoms. The Hall–Kier alpha value is -2.60. The maximum absolute atomic E-state index is 11.2. The molecule has 3 N–H and O–H groups in total. The third-order valence-electron chi connectivity index (χ3n) is 3.84. The van der Waals surface area contributed by atoms with Crippen molar-refractivity contribution in [2.75, 3.05) is 20.8 Å². The highest BCUT2D eigenvalue weighted by Crippen LogP contribution is 2.31. The lowest BCUT2D eigenvalue weighted by molar-refractivity contribution is -0.119. The highest BCUT2D eigenvalue weighted by molar-refractivity contribution is 5.95. The second-order valence-electron chi connectivity index (χ2n) is 5.30. The summed E-state index contributed by atoms with van der Waals surface area (Å²) in [4.78, 5) is 22.3. The molecule has 0 radical (unpaired) electrons. The standard InChI is InChI=1S/C17H17NO4.CH5N/c1-21-16-8-14-11(7-12(16)9-19)3-2-4-15(14)22-10-13-5-6-17(20)18-13;1-2/h2-4,7-9,13H,5-6,10H2,1H3,(H,18,20);2H2,1H3. The predicted molar refractivity (Wildman–Crippen MR) is 92.7 cm³/mol. The van der Waals surface area contributed by atoms with Gasteiger partial charge in [0.15, 0.2) is 6.29 Å². The number of ether oxygens (including phenoxy) is 2. The Kier molecular flexibility index (Phi) is 6.14. The molecule has 3 rings (SSSR count). The zero-order valence-electron chi connectivity index (χ0n) is 13.9. The summed E-state index contributed by atoms with van der Waals surface area (Å²) in [6.45, 7) is 0.433. The molecular weight excluding hydrogens is 308 g/mol. The molecule has 1 atom stereocenters. The van der Waals surface area contributed by atoms with Crippen molar-refractivity contribution in [2.24, 2.45) is 5.73 Å². The molecule has 2 aromatic carbocycles. The van der Waals surface area contributed by atoms with Crippen LogP contribution in [-0.4, -0.2) is 39.0 Å². The van der Waals surface area contributed by atoms with Crippen LogP contribution in [0.25, 0.3) is 10.8 Å². The Bertz CT molecular complexity index is 730. The van der Waals surface area contributed by atoms with Crippen molar-refractivity contribution in [3.8, 4) is 11.5 Å². The van der Waals surface area contributed by atoms with Gasteiger partial charge < -0.3 is 20.5 Å². The van der Waals surface area contributed by atoms with E-state index in [-0.39, 0.29) is 11.9 Å². The maximum Gasteiger partial charge on any atom is 0.220 e. The lowest BCUT2D eigenvalue weighted by atomic mass is 10.1. The molecule has 6 heteroatoms. The highest BCUT2D eigenvalue weighted by atomic mass is 16.5. The third kappa shape index (κ3) is 3.83. The van der Waals surface area contributed by atoms with E-state index in [1.165, 1.54) is 14.2 Å². The van der Waals surface area contributed by atoms with E-state index in [2.05, 4.69) is 11.1 Å². The SMILES string of the molecule is CN.COc1cc2c(OCC3CCC(=O)N3)cccc2cc1C=O. The van der Waals surface area contributed by atoms with E-state index in [4.69, 9.17) is 9.47 Å². The molecular formula is C18H22N2O4. The zero-order valence-corrected chi connectivity index (χ0v) is 13.9. The summed E-state index contributed by atoms with van der Waals surface area (Å²) >= 11 is 0. The van der Waals surface area contributed by atoms with Crippen LogP contribution in [0.2, 0.25) is 0 Å². The topological polar surface area (TPSA) is 90.7 Å². The van der Waals surface area contributed by atoms with E-state index in [1.807, 2.05) is 24.3 Å². The van der Waals surface area contributed by atoms with Crippen LogP contribution in [0.4, 0.5) is 0 Å². The first kappa shape index (κ1) is 17.7. The number of hydrogen-bond acceptors (Lipinski definition) is 5. The molecule has 0 saturated carbocycles. The van der Waals surface area contributed by atoms with E-state index in [0.717, 1.165) is 29.2 Å². The van der Waals surface area contributed by atoms with Crippen LogP contribution < -0.4 is 20.5 Å². The van der Waals surface area contributed by atoms with Gasteiger partial charge in [-0.1, -0.05) is 12.1 Å². The van der Waals surface area contributed by atoms with Crippen molar-refractivity contribution < 1.29 is 19.1 Å². The van der Waals surface area contributed by atoms with Gasteiger partial charge in [-0.2, -0.15) is 0 Å². The van der Waals surface area contributed by atoms with Crippen LogP contribution in [0.1, 0.15) is 23.2 Å². The number of nitrogens with two attached hydrogens (primary N) is 1. The van der Waals surface area contributed by atoms with Crippen molar-refractivity contribution in [3.63, 3.8) is 0 Å². The Morgan fingerprint density at radius 1 is 1.29 bits per heavy atom. The summed E-state index contributed by atoms with van der Waals surface area (Å²) in [5.74, 6) is 1.31. The van der Waals surface area contributed by atoms with E-state index >= 15 is 0 Å². The predicted octanol–water partition coefficient (Wildman–Crippen LogP) is 1.89. The van der Waals surface area contributed by atoms with Gasteiger partial charge in [-0.25, -0.2) is 0 Å². The third-order valence-corrected chi connectivity index (χ3v) is 3.84. The summed E-state index contributed by atoms with van der Waals surface area (Å²) in [6.07, 6.45) is 2.13. The molecule has 1 amide bonds. The summed E-state index contributed by atoms with van der Waals surface area (Å²) in [7, 11) is 3.03. The summed E-state index contributed by atoms with van der Waals surface area (Å²) in [5.41, 5.74) is 5.01. The zero-order chi connectivity index (χ0) is 17.5. The van der Waals surface area contributed by atoms with Gasteiger partial charge in [0.2, 0.25) is 5.91 Å². The van der Waals surface area contributed by atoms with E-state index in [1.54, 1.807) is 6.07 Å². The molecule has 0 aromatic heterocycles. The lowest BCUT2D eigenvalue weighted by Crippen LogP contribution is -2.30. The first-order valence-electron chi connectivity index (χ1n) is 7.77. The number of rotatable bonds is 5. The van der Waals surface area contributed by atoms with Gasteiger partial charge in [-0.3, -0.25) is 9.59 Å². The van der Waals surface area contributed by atoms with Crippen LogP contribution in [-0.2, 0) is 4.79 Å². The first-order valence-corrected chi connectivity index (χ1v) is 7.77. The number of carbonyl (C=O) groups is 2. The van der Waals surface area contributed by atoms with Crippen molar-refractivity contribution >= 4 is 23.0 Å². The van der Waals surface area contributed by atoms with Gasteiger partial charge >= 0.3 is 0 Å². The molecule has 1 saturated heterocycles. The van der Waals surface area contributed by atoms with E-state index in [9.17, 15) is 9.59 Å². The first-order chi connectivity index (χ1) is 11.7. The maximum atomic E-state index is 11.2. The fourth-order valence-electron chi connectivity index (χ4n) is 2.68. The van der Waals surface area contributed by atoms with Crippen molar-refractivity contribution in [1.82, 2.24) is 5.32 Å². The van der Waals surface area contributed by atoms with Crippen LogP contribution in [0.5, 0.6) is 11.5 Å². The molecule has 6 nitrogen and oxygen atoms in total. The molecule has 128 valence electrons.